The topological polar surface area (TPSA) is 35.2 Å². The molecule has 1 aliphatic rings. The van der Waals surface area contributed by atoms with E-state index in [1.165, 1.54) is 19.3 Å². The summed E-state index contributed by atoms with van der Waals surface area (Å²) in [6.07, 6.45) is 4.27. The number of nitrogens with two attached hydrogens (primary N) is 1. The van der Waals surface area contributed by atoms with Crippen LogP contribution in [0.3, 0.4) is 0 Å². The van der Waals surface area contributed by atoms with Crippen LogP contribution in [0.1, 0.15) is 53.9 Å². The third kappa shape index (κ3) is 4.12. The van der Waals surface area contributed by atoms with Crippen molar-refractivity contribution in [2.45, 2.75) is 72.1 Å². The van der Waals surface area contributed by atoms with Crippen molar-refractivity contribution in [3.63, 3.8) is 0 Å². The molecule has 90 valence electrons. The van der Waals surface area contributed by atoms with E-state index < -0.39 is 0 Å². The van der Waals surface area contributed by atoms with Gasteiger partial charge in [-0.05, 0) is 44.4 Å². The molecule has 4 atom stereocenters. The van der Waals surface area contributed by atoms with E-state index in [4.69, 9.17) is 10.5 Å². The van der Waals surface area contributed by atoms with E-state index in [1.54, 1.807) is 0 Å². The highest BCUT2D eigenvalue weighted by Crippen LogP contribution is 2.40. The Morgan fingerprint density at radius 2 is 1.87 bits per heavy atom. The van der Waals surface area contributed by atoms with E-state index in [-0.39, 0.29) is 12.1 Å². The molecule has 3 unspecified atom stereocenters. The summed E-state index contributed by atoms with van der Waals surface area (Å²) in [4.78, 5) is 0. The highest BCUT2D eigenvalue weighted by molar-refractivity contribution is 4.84. The molecule has 0 heterocycles. The smallest absolute Gasteiger partial charge is 0.0698 e. The first-order valence-electron chi connectivity index (χ1n) is 6.21. The fraction of sp³-hybridized carbons (Fsp3) is 1.00. The van der Waals surface area contributed by atoms with Crippen molar-refractivity contribution in [1.82, 2.24) is 0 Å². The zero-order valence-corrected chi connectivity index (χ0v) is 10.9. The minimum absolute atomic E-state index is 0.130. The molecule has 0 amide bonds. The summed E-state index contributed by atoms with van der Waals surface area (Å²) < 4.78 is 6.03. The zero-order valence-electron chi connectivity index (χ0n) is 10.9. The Hall–Kier alpha value is -0.0800. The second-order valence-electron chi connectivity index (χ2n) is 6.24. The Bertz CT molecular complexity index is 201. The maximum absolute atomic E-state index is 6.03. The second-order valence-corrected chi connectivity index (χ2v) is 6.24. The molecule has 2 nitrogen and oxygen atoms in total. The van der Waals surface area contributed by atoms with E-state index in [9.17, 15) is 0 Å². The molecule has 0 aromatic heterocycles. The minimum Gasteiger partial charge on any atom is -0.374 e. The average Bonchev–Trinajstić information content (AvgIpc) is 1.99. The summed E-state index contributed by atoms with van der Waals surface area (Å²) in [6.45, 7) is 11.1. The molecule has 2 heteroatoms. The first-order valence-corrected chi connectivity index (χ1v) is 6.21. The van der Waals surface area contributed by atoms with Gasteiger partial charge >= 0.3 is 0 Å². The molecule has 0 aliphatic heterocycles. The van der Waals surface area contributed by atoms with Gasteiger partial charge in [0.05, 0.1) is 12.2 Å². The zero-order chi connectivity index (χ0) is 11.6. The summed E-state index contributed by atoms with van der Waals surface area (Å²) >= 11 is 0. The molecule has 1 saturated carbocycles. The van der Waals surface area contributed by atoms with Crippen LogP contribution in [-0.2, 0) is 4.74 Å². The van der Waals surface area contributed by atoms with Crippen molar-refractivity contribution in [3.8, 4) is 0 Å². The molecule has 0 radical (unpaired) electrons. The molecule has 0 aromatic rings. The maximum Gasteiger partial charge on any atom is 0.0698 e. The molecule has 0 spiro atoms. The Labute approximate surface area is 94.6 Å². The van der Waals surface area contributed by atoms with Crippen molar-refractivity contribution < 1.29 is 4.74 Å². The monoisotopic (exact) mass is 213 g/mol. The Morgan fingerprint density at radius 3 is 2.33 bits per heavy atom. The molecular formula is C13H27NO. The first kappa shape index (κ1) is 13.0. The Morgan fingerprint density at radius 1 is 1.27 bits per heavy atom. The van der Waals surface area contributed by atoms with Gasteiger partial charge in [-0.25, -0.2) is 0 Å². The SMILES string of the molecule is CC1CC(OC(C)[C@@H](C)N)CC(C)(C)C1. The maximum atomic E-state index is 6.03. The van der Waals surface area contributed by atoms with Crippen molar-refractivity contribution in [1.29, 1.82) is 0 Å². The summed E-state index contributed by atoms with van der Waals surface area (Å²) in [5, 5.41) is 0. The number of hydrogen-bond donors (Lipinski definition) is 1. The van der Waals surface area contributed by atoms with Crippen molar-refractivity contribution in [2.75, 3.05) is 0 Å². The summed E-state index contributed by atoms with van der Waals surface area (Å²) in [5.41, 5.74) is 6.26. The fourth-order valence-electron chi connectivity index (χ4n) is 2.79. The van der Waals surface area contributed by atoms with Gasteiger partial charge in [-0.1, -0.05) is 20.8 Å². The number of hydrogen-bond acceptors (Lipinski definition) is 2. The van der Waals surface area contributed by atoms with Crippen molar-refractivity contribution >= 4 is 0 Å². The van der Waals surface area contributed by atoms with Gasteiger partial charge in [0.25, 0.3) is 0 Å². The van der Waals surface area contributed by atoms with E-state index in [0.29, 0.717) is 11.5 Å². The van der Waals surface area contributed by atoms with Gasteiger partial charge in [-0.15, -0.1) is 0 Å². The quantitative estimate of drug-likeness (QED) is 0.782. The van der Waals surface area contributed by atoms with Crippen molar-refractivity contribution in [3.05, 3.63) is 0 Å². The van der Waals surface area contributed by atoms with Crippen molar-refractivity contribution in [2.24, 2.45) is 17.1 Å². The average molecular weight is 213 g/mol. The van der Waals surface area contributed by atoms with Gasteiger partial charge in [0.15, 0.2) is 0 Å². The molecule has 0 aromatic carbocycles. The van der Waals surface area contributed by atoms with E-state index in [0.717, 1.165) is 5.92 Å². The van der Waals surface area contributed by atoms with Gasteiger partial charge in [0.1, 0.15) is 0 Å². The second kappa shape index (κ2) is 4.84. The lowest BCUT2D eigenvalue weighted by atomic mass is 9.71. The molecule has 0 bridgehead atoms. The molecule has 0 saturated heterocycles. The predicted octanol–water partition coefficient (Wildman–Crippen LogP) is 2.95. The summed E-state index contributed by atoms with van der Waals surface area (Å²) in [7, 11) is 0. The van der Waals surface area contributed by atoms with Crippen LogP contribution < -0.4 is 5.73 Å². The first-order chi connectivity index (χ1) is 6.80. The lowest BCUT2D eigenvalue weighted by molar-refractivity contribution is -0.0647. The third-order valence-electron chi connectivity index (χ3n) is 3.49. The van der Waals surface area contributed by atoms with Crippen LogP contribution in [0, 0.1) is 11.3 Å². The van der Waals surface area contributed by atoms with Crippen LogP contribution in [0.25, 0.3) is 0 Å². The van der Waals surface area contributed by atoms with E-state index >= 15 is 0 Å². The lowest BCUT2D eigenvalue weighted by Crippen LogP contribution is -2.39. The predicted molar refractivity (Wildman–Crippen MR) is 64.8 cm³/mol. The van der Waals surface area contributed by atoms with E-state index in [1.807, 2.05) is 6.92 Å². The van der Waals surface area contributed by atoms with Crippen LogP contribution in [0.4, 0.5) is 0 Å². The fourth-order valence-corrected chi connectivity index (χ4v) is 2.79. The van der Waals surface area contributed by atoms with Gasteiger partial charge in [-0.3, -0.25) is 0 Å². The molecule has 15 heavy (non-hydrogen) atoms. The Kier molecular flexibility index (Phi) is 4.19. The summed E-state index contributed by atoms with van der Waals surface area (Å²) in [6, 6.07) is 0.130. The van der Waals surface area contributed by atoms with Gasteiger partial charge in [-0.2, -0.15) is 0 Å². The molecule has 1 rings (SSSR count). The third-order valence-corrected chi connectivity index (χ3v) is 3.49. The Balaban J connectivity index is 2.48. The van der Waals surface area contributed by atoms with E-state index in [2.05, 4.69) is 27.7 Å². The van der Waals surface area contributed by atoms with Gasteiger partial charge in [0, 0.05) is 6.04 Å². The van der Waals surface area contributed by atoms with Crippen LogP contribution in [0.15, 0.2) is 0 Å². The van der Waals surface area contributed by atoms with Gasteiger partial charge < -0.3 is 10.5 Å². The molecule has 1 aliphatic carbocycles. The number of rotatable bonds is 3. The van der Waals surface area contributed by atoms with Crippen LogP contribution >= 0.6 is 0 Å². The molecule has 1 fully saturated rings. The minimum atomic E-state index is 0.130. The van der Waals surface area contributed by atoms with Crippen LogP contribution in [0.5, 0.6) is 0 Å². The van der Waals surface area contributed by atoms with Crippen LogP contribution in [0.2, 0.25) is 0 Å². The van der Waals surface area contributed by atoms with Gasteiger partial charge in [0.2, 0.25) is 0 Å². The largest absolute Gasteiger partial charge is 0.374 e. The standard InChI is InChI=1S/C13H27NO/c1-9-6-12(8-13(4,5)7-9)15-11(3)10(2)14/h9-12H,6-8,14H2,1-5H3/t9?,10-,11?,12?/m1/s1. The molecular weight excluding hydrogens is 186 g/mol. The normalized spacial score (nSPS) is 34.8. The highest BCUT2D eigenvalue weighted by Gasteiger charge is 2.33. The highest BCUT2D eigenvalue weighted by atomic mass is 16.5. The summed E-state index contributed by atoms with van der Waals surface area (Å²) in [5.74, 6) is 0.777. The number of ether oxygens (including phenoxy) is 1. The molecule has 2 N–H and O–H groups in total. The van der Waals surface area contributed by atoms with Crippen LogP contribution in [-0.4, -0.2) is 18.2 Å². The lowest BCUT2D eigenvalue weighted by Gasteiger charge is -2.40.